The third-order valence-corrected chi connectivity index (χ3v) is 4.34. The van der Waals surface area contributed by atoms with Crippen LogP contribution in [-0.4, -0.2) is 20.2 Å². The van der Waals surface area contributed by atoms with Gasteiger partial charge in [-0.05, 0) is 37.9 Å². The van der Waals surface area contributed by atoms with E-state index >= 15 is 0 Å². The highest BCUT2D eigenvalue weighted by molar-refractivity contribution is 9.10. The fraction of sp³-hybridized carbons (Fsp3) is 0.538. The van der Waals surface area contributed by atoms with Crippen LogP contribution in [-0.2, 0) is 0 Å². The average Bonchev–Trinajstić information content (AvgIpc) is 2.76. The fourth-order valence-electron chi connectivity index (χ4n) is 2.51. The molecule has 16 heavy (non-hydrogen) atoms. The summed E-state index contributed by atoms with van der Waals surface area (Å²) in [5, 5.41) is 3.41. The molecule has 0 aliphatic carbocycles. The number of halogens is 1. The number of rotatable bonds is 2. The lowest BCUT2D eigenvalue weighted by Crippen LogP contribution is -2.10. The minimum Gasteiger partial charge on any atom is -0.496 e. The summed E-state index contributed by atoms with van der Waals surface area (Å²) in [6.07, 6.45) is 1.19. The Bertz CT molecular complexity index is 397. The molecule has 0 bridgehead atoms. The second-order valence-corrected chi connectivity index (χ2v) is 5.25. The van der Waals surface area contributed by atoms with E-state index in [-0.39, 0.29) is 0 Å². The van der Waals surface area contributed by atoms with E-state index in [4.69, 9.17) is 4.74 Å². The quantitative estimate of drug-likeness (QED) is 0.900. The van der Waals surface area contributed by atoms with Crippen molar-refractivity contribution in [1.82, 2.24) is 5.32 Å². The van der Waals surface area contributed by atoms with E-state index in [0.717, 1.165) is 18.8 Å². The van der Waals surface area contributed by atoms with Crippen LogP contribution in [0.5, 0.6) is 5.75 Å². The van der Waals surface area contributed by atoms with Gasteiger partial charge in [0.2, 0.25) is 0 Å². The minimum atomic E-state index is 0.572. The van der Waals surface area contributed by atoms with Gasteiger partial charge < -0.3 is 10.1 Å². The Hall–Kier alpha value is -0.540. The van der Waals surface area contributed by atoms with E-state index in [1.165, 1.54) is 27.6 Å². The maximum absolute atomic E-state index is 5.57. The molecule has 0 spiro atoms. The first kappa shape index (κ1) is 11.9. The molecule has 1 aromatic carbocycles. The highest BCUT2D eigenvalue weighted by Gasteiger charge is 2.24. The molecule has 1 aromatic rings. The van der Waals surface area contributed by atoms with E-state index in [1.807, 2.05) is 0 Å². The summed E-state index contributed by atoms with van der Waals surface area (Å²) in [4.78, 5) is 0. The molecule has 1 saturated heterocycles. The van der Waals surface area contributed by atoms with Gasteiger partial charge in [-0.15, -0.1) is 0 Å². The Morgan fingerprint density at radius 3 is 2.69 bits per heavy atom. The van der Waals surface area contributed by atoms with Crippen LogP contribution in [0.2, 0.25) is 0 Å². The summed E-state index contributed by atoms with van der Waals surface area (Å²) < 4.78 is 6.78. The Labute approximate surface area is 106 Å². The number of benzene rings is 1. The molecule has 0 aromatic heterocycles. The molecule has 1 fully saturated rings. The molecule has 2 nitrogen and oxygen atoms in total. The van der Waals surface area contributed by atoms with Gasteiger partial charge in [-0.2, -0.15) is 0 Å². The molecule has 1 aliphatic rings. The van der Waals surface area contributed by atoms with Crippen LogP contribution in [0.15, 0.2) is 10.5 Å². The zero-order valence-corrected chi connectivity index (χ0v) is 11.6. The summed E-state index contributed by atoms with van der Waals surface area (Å²) >= 11 is 3.71. The molecule has 1 atom stereocenters. The second-order valence-electron chi connectivity index (χ2n) is 4.46. The van der Waals surface area contributed by atoms with Crippen molar-refractivity contribution in [3.8, 4) is 5.75 Å². The van der Waals surface area contributed by atoms with Gasteiger partial charge in [-0.1, -0.05) is 22.0 Å². The zero-order valence-electron chi connectivity index (χ0n) is 10.1. The van der Waals surface area contributed by atoms with Crippen LogP contribution in [0.4, 0.5) is 0 Å². The molecular formula is C13H18BrNO. The number of methoxy groups -OCH3 is 1. The highest BCUT2D eigenvalue weighted by Crippen LogP contribution is 2.40. The molecule has 1 N–H and O–H groups in total. The van der Waals surface area contributed by atoms with Crippen molar-refractivity contribution in [3.63, 3.8) is 0 Å². The molecule has 0 saturated carbocycles. The first-order valence-corrected chi connectivity index (χ1v) is 6.48. The summed E-state index contributed by atoms with van der Waals surface area (Å²) in [7, 11) is 1.76. The predicted octanol–water partition coefficient (Wildman–Crippen LogP) is 3.15. The van der Waals surface area contributed by atoms with E-state index < -0.39 is 0 Å². The number of aryl methyl sites for hydroxylation is 2. The Kier molecular flexibility index (Phi) is 3.55. The molecule has 88 valence electrons. The lowest BCUT2D eigenvalue weighted by atomic mass is 9.93. The van der Waals surface area contributed by atoms with Crippen LogP contribution in [0.3, 0.4) is 0 Å². The van der Waals surface area contributed by atoms with Crippen molar-refractivity contribution in [3.05, 3.63) is 27.2 Å². The molecule has 1 heterocycles. The van der Waals surface area contributed by atoms with Crippen LogP contribution < -0.4 is 10.1 Å². The number of ether oxygens (including phenoxy) is 1. The first-order valence-electron chi connectivity index (χ1n) is 5.69. The fourth-order valence-corrected chi connectivity index (χ4v) is 3.13. The van der Waals surface area contributed by atoms with Crippen molar-refractivity contribution >= 4 is 15.9 Å². The first-order chi connectivity index (χ1) is 7.65. The van der Waals surface area contributed by atoms with Crippen LogP contribution in [0, 0.1) is 13.8 Å². The van der Waals surface area contributed by atoms with Crippen molar-refractivity contribution in [2.45, 2.75) is 26.2 Å². The largest absolute Gasteiger partial charge is 0.496 e. The maximum atomic E-state index is 5.57. The summed E-state index contributed by atoms with van der Waals surface area (Å²) in [5.74, 6) is 1.62. The van der Waals surface area contributed by atoms with Crippen molar-refractivity contribution in [2.75, 3.05) is 20.2 Å². The molecular weight excluding hydrogens is 266 g/mol. The Balaban J connectivity index is 2.54. The molecule has 0 radical (unpaired) electrons. The van der Waals surface area contributed by atoms with Crippen molar-refractivity contribution < 1.29 is 4.74 Å². The molecule has 0 amide bonds. The van der Waals surface area contributed by atoms with Crippen LogP contribution in [0.25, 0.3) is 0 Å². The Morgan fingerprint density at radius 1 is 1.38 bits per heavy atom. The van der Waals surface area contributed by atoms with Gasteiger partial charge in [-0.25, -0.2) is 0 Å². The summed E-state index contributed by atoms with van der Waals surface area (Å²) in [6.45, 7) is 6.41. The minimum absolute atomic E-state index is 0.572. The molecule has 1 aliphatic heterocycles. The van der Waals surface area contributed by atoms with Gasteiger partial charge in [0.25, 0.3) is 0 Å². The standard InChI is InChI=1S/C13H18BrNO/c1-8-6-9(2)13(16-3)11(12(8)14)10-4-5-15-7-10/h6,10,15H,4-5,7H2,1-3H3. The van der Waals surface area contributed by atoms with Crippen LogP contribution >= 0.6 is 15.9 Å². The molecule has 2 rings (SSSR count). The van der Waals surface area contributed by atoms with Gasteiger partial charge in [-0.3, -0.25) is 0 Å². The van der Waals surface area contributed by atoms with Gasteiger partial charge in [0, 0.05) is 22.5 Å². The summed E-state index contributed by atoms with van der Waals surface area (Å²) in [6, 6.07) is 2.18. The SMILES string of the molecule is COc1c(C)cc(C)c(Br)c1C1CCNC1. The normalized spacial score (nSPS) is 20.1. The van der Waals surface area contributed by atoms with Gasteiger partial charge in [0.05, 0.1) is 7.11 Å². The lowest BCUT2D eigenvalue weighted by Gasteiger charge is -2.19. The van der Waals surface area contributed by atoms with Gasteiger partial charge in [0.15, 0.2) is 0 Å². The van der Waals surface area contributed by atoms with Gasteiger partial charge >= 0.3 is 0 Å². The van der Waals surface area contributed by atoms with Crippen molar-refractivity contribution in [2.24, 2.45) is 0 Å². The maximum Gasteiger partial charge on any atom is 0.126 e. The topological polar surface area (TPSA) is 21.3 Å². The number of nitrogens with one attached hydrogen (secondary N) is 1. The van der Waals surface area contributed by atoms with E-state index in [0.29, 0.717) is 5.92 Å². The highest BCUT2D eigenvalue weighted by atomic mass is 79.9. The third kappa shape index (κ3) is 1.98. The van der Waals surface area contributed by atoms with E-state index in [9.17, 15) is 0 Å². The number of hydrogen-bond acceptors (Lipinski definition) is 2. The van der Waals surface area contributed by atoms with Crippen molar-refractivity contribution in [1.29, 1.82) is 0 Å². The lowest BCUT2D eigenvalue weighted by molar-refractivity contribution is 0.402. The smallest absolute Gasteiger partial charge is 0.126 e. The predicted molar refractivity (Wildman–Crippen MR) is 70.4 cm³/mol. The monoisotopic (exact) mass is 283 g/mol. The Morgan fingerprint density at radius 2 is 2.12 bits per heavy atom. The molecule has 3 heteroatoms. The average molecular weight is 284 g/mol. The van der Waals surface area contributed by atoms with E-state index in [2.05, 4.69) is 41.2 Å². The molecule has 1 unspecified atom stereocenters. The van der Waals surface area contributed by atoms with Gasteiger partial charge in [0.1, 0.15) is 5.75 Å². The second kappa shape index (κ2) is 4.76. The van der Waals surface area contributed by atoms with Crippen LogP contribution in [0.1, 0.15) is 29.0 Å². The van der Waals surface area contributed by atoms with E-state index in [1.54, 1.807) is 7.11 Å². The zero-order chi connectivity index (χ0) is 11.7. The third-order valence-electron chi connectivity index (χ3n) is 3.29. The number of hydrogen-bond donors (Lipinski definition) is 1. The summed E-state index contributed by atoms with van der Waals surface area (Å²) in [5.41, 5.74) is 3.86.